The predicted octanol–water partition coefficient (Wildman–Crippen LogP) is 1.54. The highest BCUT2D eigenvalue weighted by atomic mass is 16.2. The molecule has 1 saturated heterocycles. The van der Waals surface area contributed by atoms with E-state index in [4.69, 9.17) is 0 Å². The van der Waals surface area contributed by atoms with Crippen LogP contribution < -0.4 is 10.6 Å². The van der Waals surface area contributed by atoms with E-state index in [1.54, 1.807) is 6.08 Å². The number of carbonyl (C=O) groups is 2. The van der Waals surface area contributed by atoms with Gasteiger partial charge in [0.05, 0.1) is 0 Å². The van der Waals surface area contributed by atoms with Crippen LogP contribution in [0.4, 0.5) is 0 Å². The second-order valence-corrected chi connectivity index (χ2v) is 4.91. The van der Waals surface area contributed by atoms with Crippen molar-refractivity contribution < 1.29 is 9.59 Å². The number of allylic oxidation sites excluding steroid dienone is 3. The minimum Gasteiger partial charge on any atom is -0.354 e. The summed E-state index contributed by atoms with van der Waals surface area (Å²) in [6, 6.07) is -0.379. The van der Waals surface area contributed by atoms with Crippen molar-refractivity contribution >= 4 is 11.8 Å². The van der Waals surface area contributed by atoms with Gasteiger partial charge in [-0.1, -0.05) is 32.1 Å². The van der Waals surface area contributed by atoms with E-state index in [0.29, 0.717) is 18.9 Å². The highest BCUT2D eigenvalue weighted by Crippen LogP contribution is 2.03. The van der Waals surface area contributed by atoms with Crippen molar-refractivity contribution in [2.45, 2.75) is 39.2 Å². The number of hydrogen-bond acceptors (Lipinski definition) is 2. The molecule has 1 heterocycles. The van der Waals surface area contributed by atoms with Gasteiger partial charge >= 0.3 is 0 Å². The molecule has 1 fully saturated rings. The summed E-state index contributed by atoms with van der Waals surface area (Å²) in [5.41, 5.74) is 0. The first-order chi connectivity index (χ1) is 8.59. The second-order valence-electron chi connectivity index (χ2n) is 4.91. The average Bonchev–Trinajstić information content (AvgIpc) is 2.31. The molecule has 1 unspecified atom stereocenters. The molecule has 1 aliphatic rings. The Morgan fingerprint density at radius 1 is 1.50 bits per heavy atom. The highest BCUT2D eigenvalue weighted by molar-refractivity contribution is 5.93. The molecule has 0 bridgehead atoms. The molecule has 0 radical (unpaired) electrons. The van der Waals surface area contributed by atoms with Gasteiger partial charge < -0.3 is 10.6 Å². The molecule has 0 aromatic rings. The van der Waals surface area contributed by atoms with Crippen LogP contribution in [-0.2, 0) is 9.59 Å². The molecular formula is C14H22N2O2. The van der Waals surface area contributed by atoms with Crippen molar-refractivity contribution in [3.63, 3.8) is 0 Å². The summed E-state index contributed by atoms with van der Waals surface area (Å²) < 4.78 is 0. The molecular weight excluding hydrogens is 228 g/mol. The van der Waals surface area contributed by atoms with Crippen LogP contribution in [0, 0.1) is 5.92 Å². The molecule has 2 amide bonds. The van der Waals surface area contributed by atoms with Gasteiger partial charge in [-0.2, -0.15) is 0 Å². The summed E-state index contributed by atoms with van der Waals surface area (Å²) >= 11 is 0. The van der Waals surface area contributed by atoms with Crippen LogP contribution in [0.1, 0.15) is 33.1 Å². The van der Waals surface area contributed by atoms with Gasteiger partial charge in [0.15, 0.2) is 0 Å². The number of carbonyl (C=O) groups excluding carboxylic acids is 2. The lowest BCUT2D eigenvalue weighted by molar-refractivity contribution is -0.128. The SMILES string of the molecule is CC(C)C/C=C/C=C/C(=O)NC1CCCNC1=O. The molecule has 4 heteroatoms. The van der Waals surface area contributed by atoms with Crippen molar-refractivity contribution in [3.8, 4) is 0 Å². The molecule has 0 aliphatic carbocycles. The average molecular weight is 250 g/mol. The molecule has 18 heavy (non-hydrogen) atoms. The van der Waals surface area contributed by atoms with Crippen LogP contribution in [0.3, 0.4) is 0 Å². The molecule has 0 spiro atoms. The summed E-state index contributed by atoms with van der Waals surface area (Å²) in [4.78, 5) is 23.0. The van der Waals surface area contributed by atoms with Gasteiger partial charge in [-0.3, -0.25) is 9.59 Å². The molecule has 0 aromatic heterocycles. The van der Waals surface area contributed by atoms with Crippen molar-refractivity contribution in [1.82, 2.24) is 10.6 Å². The van der Waals surface area contributed by atoms with Crippen molar-refractivity contribution in [2.75, 3.05) is 6.54 Å². The number of amides is 2. The van der Waals surface area contributed by atoms with Gasteiger partial charge in [0, 0.05) is 12.6 Å². The summed E-state index contributed by atoms with van der Waals surface area (Å²) in [6.45, 7) is 4.99. The van der Waals surface area contributed by atoms with E-state index in [1.165, 1.54) is 6.08 Å². The van der Waals surface area contributed by atoms with Crippen LogP contribution in [0.15, 0.2) is 24.3 Å². The largest absolute Gasteiger partial charge is 0.354 e. The van der Waals surface area contributed by atoms with Crippen LogP contribution in [-0.4, -0.2) is 24.4 Å². The van der Waals surface area contributed by atoms with Gasteiger partial charge in [-0.05, 0) is 25.2 Å². The fraction of sp³-hybridized carbons (Fsp3) is 0.571. The summed E-state index contributed by atoms with van der Waals surface area (Å²) in [7, 11) is 0. The van der Waals surface area contributed by atoms with E-state index in [9.17, 15) is 9.59 Å². The summed E-state index contributed by atoms with van der Waals surface area (Å²) in [5.74, 6) is 0.319. The molecule has 1 aliphatic heterocycles. The smallest absolute Gasteiger partial charge is 0.244 e. The lowest BCUT2D eigenvalue weighted by atomic mass is 10.1. The van der Waals surface area contributed by atoms with Gasteiger partial charge in [0.1, 0.15) is 6.04 Å². The Balaban J connectivity index is 2.30. The first-order valence-electron chi connectivity index (χ1n) is 6.51. The molecule has 100 valence electrons. The van der Waals surface area contributed by atoms with Crippen LogP contribution in [0.5, 0.6) is 0 Å². The lowest BCUT2D eigenvalue weighted by Gasteiger charge is -2.21. The molecule has 1 atom stereocenters. The Labute approximate surface area is 109 Å². The maximum absolute atomic E-state index is 11.5. The van der Waals surface area contributed by atoms with E-state index in [2.05, 4.69) is 24.5 Å². The quantitative estimate of drug-likeness (QED) is 0.574. The second kappa shape index (κ2) is 7.69. The zero-order chi connectivity index (χ0) is 13.4. The topological polar surface area (TPSA) is 58.2 Å². The Hall–Kier alpha value is -1.58. The first kappa shape index (κ1) is 14.5. The van der Waals surface area contributed by atoms with Crippen molar-refractivity contribution in [2.24, 2.45) is 5.92 Å². The molecule has 0 aromatic carbocycles. The molecule has 0 saturated carbocycles. The number of hydrogen-bond donors (Lipinski definition) is 2. The van der Waals surface area contributed by atoms with E-state index in [-0.39, 0.29) is 17.9 Å². The van der Waals surface area contributed by atoms with E-state index in [0.717, 1.165) is 12.8 Å². The van der Waals surface area contributed by atoms with E-state index < -0.39 is 0 Å². The third-order valence-corrected chi connectivity index (χ3v) is 2.70. The Morgan fingerprint density at radius 3 is 2.94 bits per heavy atom. The van der Waals surface area contributed by atoms with Gasteiger partial charge in [-0.15, -0.1) is 0 Å². The Morgan fingerprint density at radius 2 is 2.28 bits per heavy atom. The Kier molecular flexibility index (Phi) is 6.19. The Bertz CT molecular complexity index is 346. The van der Waals surface area contributed by atoms with E-state index in [1.807, 2.05) is 12.2 Å². The maximum Gasteiger partial charge on any atom is 0.244 e. The normalized spacial score (nSPS) is 20.6. The van der Waals surface area contributed by atoms with Crippen molar-refractivity contribution in [1.29, 1.82) is 0 Å². The third-order valence-electron chi connectivity index (χ3n) is 2.70. The van der Waals surface area contributed by atoms with Crippen LogP contribution >= 0.6 is 0 Å². The van der Waals surface area contributed by atoms with Gasteiger partial charge in [0.2, 0.25) is 11.8 Å². The molecule has 4 nitrogen and oxygen atoms in total. The third kappa shape index (κ3) is 5.66. The number of piperidine rings is 1. The predicted molar refractivity (Wildman–Crippen MR) is 71.9 cm³/mol. The number of nitrogens with one attached hydrogen (secondary N) is 2. The first-order valence-corrected chi connectivity index (χ1v) is 6.51. The standard InChI is InChI=1S/C14H22N2O2/c1-11(2)7-4-3-5-9-13(17)16-12-8-6-10-15-14(12)18/h3-5,9,11-12H,6-8,10H2,1-2H3,(H,15,18)(H,16,17)/b4-3+,9-5+. The lowest BCUT2D eigenvalue weighted by Crippen LogP contribution is -2.49. The number of rotatable bonds is 5. The van der Waals surface area contributed by atoms with Crippen molar-refractivity contribution in [3.05, 3.63) is 24.3 Å². The monoisotopic (exact) mass is 250 g/mol. The molecule has 2 N–H and O–H groups in total. The zero-order valence-corrected chi connectivity index (χ0v) is 11.1. The van der Waals surface area contributed by atoms with Gasteiger partial charge in [-0.25, -0.2) is 0 Å². The van der Waals surface area contributed by atoms with Gasteiger partial charge in [0.25, 0.3) is 0 Å². The minimum atomic E-state index is -0.379. The highest BCUT2D eigenvalue weighted by Gasteiger charge is 2.22. The summed E-state index contributed by atoms with van der Waals surface area (Å²) in [6.07, 6.45) is 9.68. The van der Waals surface area contributed by atoms with Crippen LogP contribution in [0.2, 0.25) is 0 Å². The summed E-state index contributed by atoms with van der Waals surface area (Å²) in [5, 5.41) is 5.43. The van der Waals surface area contributed by atoms with Crippen LogP contribution in [0.25, 0.3) is 0 Å². The molecule has 1 rings (SSSR count). The maximum atomic E-state index is 11.5. The minimum absolute atomic E-state index is 0.0849. The fourth-order valence-electron chi connectivity index (χ4n) is 1.70. The van der Waals surface area contributed by atoms with E-state index >= 15 is 0 Å². The fourth-order valence-corrected chi connectivity index (χ4v) is 1.70. The zero-order valence-electron chi connectivity index (χ0n) is 11.1.